The van der Waals surface area contributed by atoms with E-state index in [0.717, 1.165) is 5.39 Å². The molecule has 3 rings (SSSR count). The van der Waals surface area contributed by atoms with E-state index in [4.69, 9.17) is 0 Å². The zero-order chi connectivity index (χ0) is 15.0. The van der Waals surface area contributed by atoms with Gasteiger partial charge in [0.1, 0.15) is 11.9 Å². The van der Waals surface area contributed by atoms with Crippen LogP contribution >= 0.6 is 0 Å². The number of aromatic nitrogens is 1. The molecule has 0 spiro atoms. The lowest BCUT2D eigenvalue weighted by atomic mass is 10.1. The van der Waals surface area contributed by atoms with Crippen molar-refractivity contribution in [3.05, 3.63) is 35.9 Å². The molecule has 21 heavy (non-hydrogen) atoms. The molecule has 2 heterocycles. The Bertz CT molecular complexity index is 753. The monoisotopic (exact) mass is 283 g/mol. The van der Waals surface area contributed by atoms with Crippen LogP contribution in [0.1, 0.15) is 12.0 Å². The average Bonchev–Trinajstić information content (AvgIpc) is 2.88. The Kier molecular flexibility index (Phi) is 3.20. The van der Waals surface area contributed by atoms with Crippen molar-refractivity contribution >= 4 is 22.7 Å². The molecule has 1 aromatic carbocycles. The lowest BCUT2D eigenvalue weighted by molar-refractivity contribution is -0.138. The zero-order valence-corrected chi connectivity index (χ0v) is 11.1. The van der Waals surface area contributed by atoms with E-state index in [2.05, 4.69) is 11.1 Å². The lowest BCUT2D eigenvalue weighted by Gasteiger charge is -2.22. The molecule has 2 unspecified atom stereocenters. The average molecular weight is 283 g/mol. The maximum absolute atomic E-state index is 11.3. The second-order valence-electron chi connectivity index (χ2n) is 5.05. The van der Waals surface area contributed by atoms with E-state index < -0.39 is 18.1 Å². The Balaban J connectivity index is 2.12. The van der Waals surface area contributed by atoms with E-state index in [9.17, 15) is 20.3 Å². The van der Waals surface area contributed by atoms with Crippen LogP contribution in [0.2, 0.25) is 0 Å². The first-order valence-electron chi connectivity index (χ1n) is 6.57. The summed E-state index contributed by atoms with van der Waals surface area (Å²) in [6.07, 6.45) is -0.545. The summed E-state index contributed by atoms with van der Waals surface area (Å²) in [6.45, 7) is 0.202. The normalized spacial score (nSPS) is 21.4. The highest BCUT2D eigenvalue weighted by Crippen LogP contribution is 2.28. The van der Waals surface area contributed by atoms with Gasteiger partial charge in [0, 0.05) is 18.4 Å². The molecule has 2 aromatic rings. The third-order valence-corrected chi connectivity index (χ3v) is 3.68. The van der Waals surface area contributed by atoms with Crippen LogP contribution in [-0.4, -0.2) is 39.9 Å². The summed E-state index contributed by atoms with van der Waals surface area (Å²) >= 11 is 0. The molecule has 106 valence electrons. The number of aliphatic hydroxyl groups excluding tert-OH is 1. The maximum Gasteiger partial charge on any atom is 0.326 e. The third-order valence-electron chi connectivity index (χ3n) is 3.68. The van der Waals surface area contributed by atoms with E-state index in [1.54, 1.807) is 23.1 Å². The summed E-state index contributed by atoms with van der Waals surface area (Å²) < 4.78 is 0. The number of hydrogen-bond donors (Lipinski definition) is 2. The molecule has 2 N–H and O–H groups in total. The third kappa shape index (κ3) is 2.28. The molecule has 0 amide bonds. The first-order valence-corrected chi connectivity index (χ1v) is 6.57. The number of aliphatic carboxylic acids is 1. The number of pyridine rings is 1. The van der Waals surface area contributed by atoms with Crippen LogP contribution in [0.15, 0.2) is 30.3 Å². The molecule has 6 nitrogen and oxygen atoms in total. The van der Waals surface area contributed by atoms with Gasteiger partial charge in [-0.05, 0) is 12.1 Å². The van der Waals surface area contributed by atoms with Crippen LogP contribution in [0.25, 0.3) is 10.9 Å². The van der Waals surface area contributed by atoms with Crippen LogP contribution in [0.5, 0.6) is 0 Å². The fourth-order valence-electron chi connectivity index (χ4n) is 2.70. The predicted molar refractivity (Wildman–Crippen MR) is 75.9 cm³/mol. The second kappa shape index (κ2) is 5.04. The van der Waals surface area contributed by atoms with Crippen molar-refractivity contribution in [1.29, 1.82) is 5.26 Å². The van der Waals surface area contributed by atoms with Crippen molar-refractivity contribution in [1.82, 2.24) is 4.98 Å². The molecule has 1 fully saturated rings. The summed E-state index contributed by atoms with van der Waals surface area (Å²) in [4.78, 5) is 17.3. The summed E-state index contributed by atoms with van der Waals surface area (Å²) in [5.74, 6) is -0.589. The summed E-state index contributed by atoms with van der Waals surface area (Å²) in [6, 6.07) is 10.1. The number of benzene rings is 1. The lowest BCUT2D eigenvalue weighted by Crippen LogP contribution is -2.36. The van der Waals surface area contributed by atoms with Crippen molar-refractivity contribution < 1.29 is 15.0 Å². The zero-order valence-electron chi connectivity index (χ0n) is 11.1. The standard InChI is InChI=1S/C15H13N3O3/c16-7-9-5-14(17-12-4-2-1-3-11(9)12)18-8-10(19)6-13(18)15(20)21/h1-5,10,13,19H,6,8H2,(H,20,21). The maximum atomic E-state index is 11.3. The SMILES string of the molecule is N#Cc1cc(N2CC(O)CC2C(=O)O)nc2ccccc12. The molecule has 1 aromatic heterocycles. The van der Waals surface area contributed by atoms with Crippen molar-refractivity contribution in [3.63, 3.8) is 0 Å². The number of nitrogens with zero attached hydrogens (tertiary/aromatic N) is 3. The fraction of sp³-hybridized carbons (Fsp3) is 0.267. The van der Waals surface area contributed by atoms with Crippen LogP contribution in [-0.2, 0) is 4.79 Å². The molecular formula is C15H13N3O3. The van der Waals surface area contributed by atoms with Gasteiger partial charge in [-0.15, -0.1) is 0 Å². The van der Waals surface area contributed by atoms with E-state index in [1.807, 2.05) is 12.1 Å². The number of fused-ring (bicyclic) bond motifs is 1. The fourth-order valence-corrected chi connectivity index (χ4v) is 2.70. The van der Waals surface area contributed by atoms with Crippen molar-refractivity contribution in [2.75, 3.05) is 11.4 Å². The highest BCUT2D eigenvalue weighted by Gasteiger charge is 2.37. The van der Waals surface area contributed by atoms with E-state index in [-0.39, 0.29) is 13.0 Å². The molecule has 0 radical (unpaired) electrons. The Hall–Kier alpha value is -2.65. The van der Waals surface area contributed by atoms with Crippen LogP contribution in [0, 0.1) is 11.3 Å². The molecule has 6 heteroatoms. The van der Waals surface area contributed by atoms with Crippen molar-refractivity contribution in [3.8, 4) is 6.07 Å². The van der Waals surface area contributed by atoms with Crippen LogP contribution in [0.3, 0.4) is 0 Å². The molecule has 2 atom stereocenters. The Morgan fingerprint density at radius 3 is 2.90 bits per heavy atom. The quantitative estimate of drug-likeness (QED) is 0.857. The number of rotatable bonds is 2. The number of anilines is 1. The minimum atomic E-state index is -1.000. The second-order valence-corrected chi connectivity index (χ2v) is 5.05. The molecule has 0 saturated carbocycles. The number of para-hydroxylation sites is 1. The molecule has 1 aliphatic rings. The minimum Gasteiger partial charge on any atom is -0.480 e. The van der Waals surface area contributed by atoms with Gasteiger partial charge in [0.15, 0.2) is 0 Å². The molecule has 1 saturated heterocycles. The Labute approximate surface area is 120 Å². The van der Waals surface area contributed by atoms with Gasteiger partial charge >= 0.3 is 5.97 Å². The van der Waals surface area contributed by atoms with Gasteiger partial charge in [0.25, 0.3) is 0 Å². The number of hydrogen-bond acceptors (Lipinski definition) is 5. The number of β-amino-alcohol motifs (C(OH)–C–C–N with tert-alkyl or cyclic N) is 1. The molecule has 1 aliphatic heterocycles. The number of aliphatic hydroxyl groups is 1. The van der Waals surface area contributed by atoms with E-state index in [0.29, 0.717) is 16.9 Å². The minimum absolute atomic E-state index is 0.158. The predicted octanol–water partition coefficient (Wildman–Crippen LogP) is 1.13. The summed E-state index contributed by atoms with van der Waals surface area (Å²) in [7, 11) is 0. The summed E-state index contributed by atoms with van der Waals surface area (Å²) in [5, 5.41) is 29.0. The molecular weight excluding hydrogens is 270 g/mol. The summed E-state index contributed by atoms with van der Waals surface area (Å²) in [5.41, 5.74) is 1.08. The van der Waals surface area contributed by atoms with Crippen molar-refractivity contribution in [2.45, 2.75) is 18.6 Å². The van der Waals surface area contributed by atoms with Gasteiger partial charge in [-0.25, -0.2) is 9.78 Å². The first kappa shape index (κ1) is 13.3. The Morgan fingerprint density at radius 2 is 2.19 bits per heavy atom. The van der Waals surface area contributed by atoms with Gasteiger partial charge in [-0.3, -0.25) is 0 Å². The van der Waals surface area contributed by atoms with E-state index >= 15 is 0 Å². The van der Waals surface area contributed by atoms with Crippen molar-refractivity contribution in [2.24, 2.45) is 0 Å². The molecule has 0 aliphatic carbocycles. The highest BCUT2D eigenvalue weighted by atomic mass is 16.4. The number of carboxylic acids is 1. The van der Waals surface area contributed by atoms with Gasteiger partial charge in [0.05, 0.1) is 23.3 Å². The first-order chi connectivity index (χ1) is 10.1. The van der Waals surface area contributed by atoms with Gasteiger partial charge in [-0.1, -0.05) is 18.2 Å². The van der Waals surface area contributed by atoms with Crippen LogP contribution < -0.4 is 4.90 Å². The number of carbonyl (C=O) groups is 1. The van der Waals surface area contributed by atoms with Gasteiger partial charge in [0.2, 0.25) is 0 Å². The topological polar surface area (TPSA) is 97.5 Å². The molecule has 0 bridgehead atoms. The van der Waals surface area contributed by atoms with Gasteiger partial charge < -0.3 is 15.1 Å². The Morgan fingerprint density at radius 1 is 1.43 bits per heavy atom. The van der Waals surface area contributed by atoms with Gasteiger partial charge in [-0.2, -0.15) is 5.26 Å². The smallest absolute Gasteiger partial charge is 0.326 e. The number of nitriles is 1. The van der Waals surface area contributed by atoms with Crippen LogP contribution in [0.4, 0.5) is 5.82 Å². The number of carboxylic acid groups (broad SMARTS) is 1. The largest absolute Gasteiger partial charge is 0.480 e. The van der Waals surface area contributed by atoms with E-state index in [1.165, 1.54) is 0 Å². The highest BCUT2D eigenvalue weighted by molar-refractivity contribution is 5.87.